The van der Waals surface area contributed by atoms with Crippen molar-refractivity contribution in [2.45, 2.75) is 25.8 Å². The van der Waals surface area contributed by atoms with Crippen LogP contribution in [0.4, 0.5) is 8.78 Å². The molecule has 1 aliphatic rings. The van der Waals surface area contributed by atoms with E-state index < -0.39 is 11.6 Å². The Morgan fingerprint density at radius 1 is 1.10 bits per heavy atom. The Labute approximate surface area is 168 Å². The molecule has 1 heterocycles. The average molecular weight is 402 g/mol. The van der Waals surface area contributed by atoms with E-state index in [1.54, 1.807) is 4.90 Å². The largest absolute Gasteiger partial charge is 0.493 e. The average Bonchev–Trinajstić information content (AvgIpc) is 2.72. The summed E-state index contributed by atoms with van der Waals surface area (Å²) in [5.41, 5.74) is 0.359. The van der Waals surface area contributed by atoms with E-state index in [0.717, 1.165) is 12.5 Å². The van der Waals surface area contributed by atoms with E-state index >= 15 is 0 Å². The fraction of sp³-hybridized carbons (Fsp3) is 0.364. The number of likely N-dealkylation sites (tertiary alicyclic amines) is 1. The first-order chi connectivity index (χ1) is 14.0. The van der Waals surface area contributed by atoms with Crippen LogP contribution < -0.4 is 10.1 Å². The zero-order chi connectivity index (χ0) is 20.6. The van der Waals surface area contributed by atoms with Crippen LogP contribution in [0, 0.1) is 17.6 Å². The van der Waals surface area contributed by atoms with Crippen LogP contribution in [0.25, 0.3) is 0 Å². The summed E-state index contributed by atoms with van der Waals surface area (Å²) in [6.07, 6.45) is 1.65. The highest BCUT2D eigenvalue weighted by molar-refractivity contribution is 5.81. The van der Waals surface area contributed by atoms with Crippen molar-refractivity contribution in [2.24, 2.45) is 5.92 Å². The normalized spacial score (nSPS) is 16.3. The maximum absolute atomic E-state index is 13.3. The SMILES string of the molecule is O=C(NCc1cc(F)cc(F)c1)C1CCCN(C(=O)CCOc2ccccc2)C1. The van der Waals surface area contributed by atoms with E-state index in [4.69, 9.17) is 4.74 Å². The second-order valence-corrected chi connectivity index (χ2v) is 7.09. The van der Waals surface area contributed by atoms with Gasteiger partial charge in [0.1, 0.15) is 17.4 Å². The molecule has 0 spiro atoms. The number of para-hydroxylation sites is 1. The second-order valence-electron chi connectivity index (χ2n) is 7.09. The molecule has 0 aromatic heterocycles. The van der Waals surface area contributed by atoms with Gasteiger partial charge in [0.2, 0.25) is 11.8 Å². The molecule has 2 amide bonds. The van der Waals surface area contributed by atoms with Gasteiger partial charge in [0.25, 0.3) is 0 Å². The van der Waals surface area contributed by atoms with Gasteiger partial charge in [-0.2, -0.15) is 0 Å². The van der Waals surface area contributed by atoms with Crippen molar-refractivity contribution in [2.75, 3.05) is 19.7 Å². The van der Waals surface area contributed by atoms with E-state index in [-0.39, 0.29) is 37.3 Å². The molecule has 0 saturated carbocycles. The van der Waals surface area contributed by atoms with Crippen LogP contribution in [-0.2, 0) is 16.1 Å². The van der Waals surface area contributed by atoms with Gasteiger partial charge >= 0.3 is 0 Å². The van der Waals surface area contributed by atoms with Gasteiger partial charge < -0.3 is 15.0 Å². The summed E-state index contributed by atoms with van der Waals surface area (Å²) in [7, 11) is 0. The van der Waals surface area contributed by atoms with E-state index in [0.29, 0.717) is 30.8 Å². The minimum absolute atomic E-state index is 0.0445. The number of nitrogens with zero attached hydrogens (tertiary/aromatic N) is 1. The van der Waals surface area contributed by atoms with Gasteiger partial charge in [0.15, 0.2) is 0 Å². The third-order valence-corrected chi connectivity index (χ3v) is 4.86. The van der Waals surface area contributed by atoms with Crippen molar-refractivity contribution < 1.29 is 23.1 Å². The molecule has 1 fully saturated rings. The summed E-state index contributed by atoms with van der Waals surface area (Å²) in [6.45, 7) is 1.28. The number of amides is 2. The number of benzene rings is 2. The van der Waals surface area contributed by atoms with Gasteiger partial charge in [-0.1, -0.05) is 18.2 Å². The first kappa shape index (κ1) is 20.8. The molecule has 1 N–H and O–H groups in total. The van der Waals surface area contributed by atoms with Gasteiger partial charge in [0.05, 0.1) is 18.9 Å². The molecular weight excluding hydrogens is 378 g/mol. The van der Waals surface area contributed by atoms with Gasteiger partial charge in [-0.3, -0.25) is 9.59 Å². The summed E-state index contributed by atoms with van der Waals surface area (Å²) in [5, 5.41) is 2.71. The first-order valence-corrected chi connectivity index (χ1v) is 9.69. The number of hydrogen-bond acceptors (Lipinski definition) is 3. The lowest BCUT2D eigenvalue weighted by Gasteiger charge is -2.32. The monoisotopic (exact) mass is 402 g/mol. The van der Waals surface area contributed by atoms with Crippen LogP contribution in [-0.4, -0.2) is 36.4 Å². The molecule has 29 heavy (non-hydrogen) atoms. The van der Waals surface area contributed by atoms with Crippen LogP contribution in [0.2, 0.25) is 0 Å². The van der Waals surface area contributed by atoms with Crippen molar-refractivity contribution in [3.05, 3.63) is 65.7 Å². The summed E-state index contributed by atoms with van der Waals surface area (Å²) >= 11 is 0. The predicted octanol–water partition coefficient (Wildman–Crippen LogP) is 3.29. The smallest absolute Gasteiger partial charge is 0.226 e. The number of piperidine rings is 1. The Hall–Kier alpha value is -2.96. The lowest BCUT2D eigenvalue weighted by molar-refractivity contribution is -0.136. The summed E-state index contributed by atoms with van der Waals surface area (Å²) in [6, 6.07) is 12.4. The molecule has 0 aliphatic carbocycles. The molecule has 1 saturated heterocycles. The van der Waals surface area contributed by atoms with Gasteiger partial charge in [-0.15, -0.1) is 0 Å². The molecule has 3 rings (SSSR count). The van der Waals surface area contributed by atoms with E-state index in [1.165, 1.54) is 12.1 Å². The molecule has 5 nitrogen and oxygen atoms in total. The number of halogens is 2. The maximum Gasteiger partial charge on any atom is 0.226 e. The van der Waals surface area contributed by atoms with Crippen molar-refractivity contribution in [3.63, 3.8) is 0 Å². The number of hydrogen-bond donors (Lipinski definition) is 1. The Morgan fingerprint density at radius 2 is 1.83 bits per heavy atom. The van der Waals surface area contributed by atoms with Crippen molar-refractivity contribution in [1.82, 2.24) is 10.2 Å². The summed E-state index contributed by atoms with van der Waals surface area (Å²) in [5.74, 6) is -1.24. The Bertz CT molecular complexity index is 825. The predicted molar refractivity (Wildman–Crippen MR) is 104 cm³/mol. The fourth-order valence-corrected chi connectivity index (χ4v) is 3.40. The van der Waals surface area contributed by atoms with Gasteiger partial charge in [-0.05, 0) is 42.7 Å². The second kappa shape index (κ2) is 10.0. The molecule has 7 heteroatoms. The standard InChI is InChI=1S/C22H24F2N2O3/c23-18-11-16(12-19(24)13-18)14-25-22(28)17-5-4-9-26(15-17)21(27)8-10-29-20-6-2-1-3-7-20/h1-3,6-7,11-13,17H,4-5,8-10,14-15H2,(H,25,28). The molecular formula is C22H24F2N2O3. The zero-order valence-electron chi connectivity index (χ0n) is 16.1. The minimum atomic E-state index is -0.679. The quantitative estimate of drug-likeness (QED) is 0.773. The van der Waals surface area contributed by atoms with Gasteiger partial charge in [0, 0.05) is 25.7 Å². The van der Waals surface area contributed by atoms with Crippen LogP contribution in [0.1, 0.15) is 24.8 Å². The number of rotatable bonds is 7. The number of carbonyl (C=O) groups excluding carboxylic acids is 2. The van der Waals surface area contributed by atoms with E-state index in [1.807, 2.05) is 30.3 Å². The molecule has 1 aliphatic heterocycles. The van der Waals surface area contributed by atoms with Crippen molar-refractivity contribution in [1.29, 1.82) is 0 Å². The Kier molecular flexibility index (Phi) is 7.16. The molecule has 2 aromatic rings. The van der Waals surface area contributed by atoms with Crippen LogP contribution in [0.15, 0.2) is 48.5 Å². The Balaban J connectivity index is 1.45. The molecule has 2 aromatic carbocycles. The number of ether oxygens (including phenoxy) is 1. The van der Waals surface area contributed by atoms with Crippen molar-refractivity contribution >= 4 is 11.8 Å². The van der Waals surface area contributed by atoms with Crippen LogP contribution in [0.5, 0.6) is 5.75 Å². The lowest BCUT2D eigenvalue weighted by Crippen LogP contribution is -2.45. The zero-order valence-corrected chi connectivity index (χ0v) is 16.1. The highest BCUT2D eigenvalue weighted by Gasteiger charge is 2.28. The van der Waals surface area contributed by atoms with Crippen LogP contribution in [0.3, 0.4) is 0 Å². The molecule has 0 radical (unpaired) electrons. The third kappa shape index (κ3) is 6.27. The topological polar surface area (TPSA) is 58.6 Å². The van der Waals surface area contributed by atoms with Crippen LogP contribution >= 0.6 is 0 Å². The molecule has 0 bridgehead atoms. The maximum atomic E-state index is 13.3. The minimum Gasteiger partial charge on any atom is -0.493 e. The first-order valence-electron chi connectivity index (χ1n) is 9.69. The summed E-state index contributed by atoms with van der Waals surface area (Å²) < 4.78 is 32.1. The summed E-state index contributed by atoms with van der Waals surface area (Å²) in [4.78, 5) is 26.6. The molecule has 1 unspecified atom stereocenters. The molecule has 154 valence electrons. The van der Waals surface area contributed by atoms with Crippen molar-refractivity contribution in [3.8, 4) is 5.75 Å². The number of nitrogens with one attached hydrogen (secondary N) is 1. The van der Waals surface area contributed by atoms with E-state index in [2.05, 4.69) is 5.32 Å². The Morgan fingerprint density at radius 3 is 2.55 bits per heavy atom. The highest BCUT2D eigenvalue weighted by atomic mass is 19.1. The van der Waals surface area contributed by atoms with E-state index in [9.17, 15) is 18.4 Å². The van der Waals surface area contributed by atoms with Gasteiger partial charge in [-0.25, -0.2) is 8.78 Å². The fourth-order valence-electron chi connectivity index (χ4n) is 3.40. The molecule has 1 atom stereocenters. The lowest BCUT2D eigenvalue weighted by atomic mass is 9.96. The third-order valence-electron chi connectivity index (χ3n) is 4.86. The number of carbonyl (C=O) groups is 2. The highest BCUT2D eigenvalue weighted by Crippen LogP contribution is 2.18.